The third kappa shape index (κ3) is 1.48. The molecule has 1 aliphatic rings. The number of rotatable bonds is 1. The zero-order valence-corrected chi connectivity index (χ0v) is 8.01. The van der Waals surface area contributed by atoms with Gasteiger partial charge in [0.05, 0.1) is 5.92 Å². The highest BCUT2D eigenvalue weighted by Gasteiger charge is 2.29. The average molecular weight is 215 g/mol. The zero-order valence-electron chi connectivity index (χ0n) is 7.26. The van der Waals surface area contributed by atoms with Crippen molar-refractivity contribution in [1.29, 1.82) is 0 Å². The third-order valence-electron chi connectivity index (χ3n) is 2.52. The Morgan fingerprint density at radius 3 is 2.86 bits per heavy atom. The first-order chi connectivity index (χ1) is 6.58. The Morgan fingerprint density at radius 2 is 2.21 bits per heavy atom. The topological polar surface area (TPSA) is 37.3 Å². The summed E-state index contributed by atoms with van der Waals surface area (Å²) in [6.07, 6.45) is 0.649. The number of fused-ring (bicyclic) bond motifs is 1. The standard InChI is InChI=1S/C10H8ClFO2/c11-7-2-5-1-6(10(13)14)3-8(5)9(12)4-7/h2,4,6H,1,3H2,(H,13,14). The molecule has 0 fully saturated rings. The smallest absolute Gasteiger partial charge is 0.307 e. The first-order valence-corrected chi connectivity index (χ1v) is 4.65. The van der Waals surface area contributed by atoms with Gasteiger partial charge in [-0.15, -0.1) is 0 Å². The molecule has 1 aromatic rings. The third-order valence-corrected chi connectivity index (χ3v) is 2.74. The SMILES string of the molecule is O=C(O)C1Cc2cc(Cl)cc(F)c2C1. The van der Waals surface area contributed by atoms with Crippen LogP contribution in [0.25, 0.3) is 0 Å². The fourth-order valence-corrected chi connectivity index (χ4v) is 2.05. The van der Waals surface area contributed by atoms with Crippen LogP contribution in [0.1, 0.15) is 11.1 Å². The molecule has 0 radical (unpaired) electrons. The van der Waals surface area contributed by atoms with Crippen molar-refractivity contribution in [1.82, 2.24) is 0 Å². The van der Waals surface area contributed by atoms with E-state index in [9.17, 15) is 9.18 Å². The number of halogens is 2. The summed E-state index contributed by atoms with van der Waals surface area (Å²) in [5.74, 6) is -1.77. The molecule has 0 amide bonds. The number of carboxylic acids is 1. The van der Waals surface area contributed by atoms with Crippen molar-refractivity contribution >= 4 is 17.6 Å². The van der Waals surface area contributed by atoms with Gasteiger partial charge >= 0.3 is 5.97 Å². The van der Waals surface area contributed by atoms with Gasteiger partial charge < -0.3 is 5.11 Å². The minimum Gasteiger partial charge on any atom is -0.481 e. The van der Waals surface area contributed by atoms with Crippen LogP contribution < -0.4 is 0 Å². The van der Waals surface area contributed by atoms with Gasteiger partial charge in [0, 0.05) is 5.02 Å². The van der Waals surface area contributed by atoms with Crippen molar-refractivity contribution in [3.63, 3.8) is 0 Å². The second-order valence-electron chi connectivity index (χ2n) is 3.47. The highest BCUT2D eigenvalue weighted by atomic mass is 35.5. The molecule has 0 saturated carbocycles. The van der Waals surface area contributed by atoms with Gasteiger partial charge in [0.15, 0.2) is 0 Å². The lowest BCUT2D eigenvalue weighted by Gasteiger charge is -2.00. The number of hydrogen-bond donors (Lipinski definition) is 1. The fourth-order valence-electron chi connectivity index (χ4n) is 1.83. The van der Waals surface area contributed by atoms with E-state index in [0.29, 0.717) is 17.0 Å². The van der Waals surface area contributed by atoms with Crippen LogP contribution >= 0.6 is 11.6 Å². The van der Waals surface area contributed by atoms with Gasteiger partial charge in [0.1, 0.15) is 5.82 Å². The minimum atomic E-state index is -0.878. The molecule has 0 heterocycles. The molecule has 0 aromatic heterocycles. The molecule has 74 valence electrons. The lowest BCUT2D eigenvalue weighted by molar-refractivity contribution is -0.141. The number of benzene rings is 1. The van der Waals surface area contributed by atoms with E-state index >= 15 is 0 Å². The largest absolute Gasteiger partial charge is 0.481 e. The van der Waals surface area contributed by atoms with Crippen molar-refractivity contribution in [3.05, 3.63) is 34.1 Å². The Hall–Kier alpha value is -1.09. The van der Waals surface area contributed by atoms with E-state index < -0.39 is 17.7 Å². The van der Waals surface area contributed by atoms with Crippen LogP contribution in [0.3, 0.4) is 0 Å². The van der Waals surface area contributed by atoms with Gasteiger partial charge in [-0.1, -0.05) is 11.6 Å². The molecule has 2 rings (SSSR count). The summed E-state index contributed by atoms with van der Waals surface area (Å²) in [5.41, 5.74) is 1.23. The molecule has 1 N–H and O–H groups in total. The van der Waals surface area contributed by atoms with Gasteiger partial charge in [0.2, 0.25) is 0 Å². The van der Waals surface area contributed by atoms with Crippen LogP contribution in [-0.4, -0.2) is 11.1 Å². The van der Waals surface area contributed by atoms with E-state index in [4.69, 9.17) is 16.7 Å². The zero-order chi connectivity index (χ0) is 10.3. The Balaban J connectivity index is 2.39. The summed E-state index contributed by atoms with van der Waals surface area (Å²) in [7, 11) is 0. The molecule has 1 atom stereocenters. The van der Waals surface area contributed by atoms with Crippen molar-refractivity contribution < 1.29 is 14.3 Å². The van der Waals surface area contributed by atoms with E-state index in [1.54, 1.807) is 6.07 Å². The number of aliphatic carboxylic acids is 1. The van der Waals surface area contributed by atoms with Crippen molar-refractivity contribution in [2.45, 2.75) is 12.8 Å². The maximum atomic E-state index is 13.3. The van der Waals surface area contributed by atoms with Gasteiger partial charge in [-0.05, 0) is 36.1 Å². The molecule has 0 saturated heterocycles. The lowest BCUT2D eigenvalue weighted by atomic mass is 10.1. The van der Waals surface area contributed by atoms with Crippen LogP contribution in [0.15, 0.2) is 12.1 Å². The molecule has 4 heteroatoms. The number of carbonyl (C=O) groups is 1. The van der Waals surface area contributed by atoms with Crippen molar-refractivity contribution in [3.8, 4) is 0 Å². The summed E-state index contributed by atoms with van der Waals surface area (Å²) in [6.45, 7) is 0. The Morgan fingerprint density at radius 1 is 1.50 bits per heavy atom. The van der Waals surface area contributed by atoms with E-state index in [0.717, 1.165) is 5.56 Å². The molecular weight excluding hydrogens is 207 g/mol. The maximum absolute atomic E-state index is 13.3. The van der Waals surface area contributed by atoms with Gasteiger partial charge in [-0.3, -0.25) is 4.79 Å². The van der Waals surface area contributed by atoms with E-state index in [-0.39, 0.29) is 6.42 Å². The number of hydrogen-bond acceptors (Lipinski definition) is 1. The molecule has 14 heavy (non-hydrogen) atoms. The lowest BCUT2D eigenvalue weighted by Crippen LogP contribution is -2.13. The van der Waals surface area contributed by atoms with E-state index in [1.165, 1.54) is 6.07 Å². The van der Waals surface area contributed by atoms with Gasteiger partial charge in [0.25, 0.3) is 0 Å². The van der Waals surface area contributed by atoms with Gasteiger partial charge in [-0.25, -0.2) is 4.39 Å². The van der Waals surface area contributed by atoms with Crippen molar-refractivity contribution in [2.75, 3.05) is 0 Å². The van der Waals surface area contributed by atoms with E-state index in [2.05, 4.69) is 0 Å². The Kier molecular flexibility index (Phi) is 2.19. The number of carboxylic acid groups (broad SMARTS) is 1. The predicted molar refractivity (Wildman–Crippen MR) is 49.9 cm³/mol. The van der Waals surface area contributed by atoms with Crippen LogP contribution in [0.2, 0.25) is 5.02 Å². The second kappa shape index (κ2) is 3.24. The summed E-state index contributed by atoms with van der Waals surface area (Å²) in [6, 6.07) is 2.87. The molecule has 1 aliphatic carbocycles. The van der Waals surface area contributed by atoms with Crippen molar-refractivity contribution in [2.24, 2.45) is 5.92 Å². The molecule has 0 aliphatic heterocycles. The highest BCUT2D eigenvalue weighted by Crippen LogP contribution is 2.31. The van der Waals surface area contributed by atoms with Crippen LogP contribution in [0, 0.1) is 11.7 Å². The molecule has 1 unspecified atom stereocenters. The summed E-state index contributed by atoms with van der Waals surface area (Å²) in [4.78, 5) is 10.7. The van der Waals surface area contributed by atoms with Gasteiger partial charge in [-0.2, -0.15) is 0 Å². The monoisotopic (exact) mass is 214 g/mol. The summed E-state index contributed by atoms with van der Waals surface area (Å²) >= 11 is 5.67. The first kappa shape index (κ1) is 9.46. The molecule has 1 aromatic carbocycles. The second-order valence-corrected chi connectivity index (χ2v) is 3.91. The van der Waals surface area contributed by atoms with Crippen LogP contribution in [-0.2, 0) is 17.6 Å². The molecule has 0 bridgehead atoms. The van der Waals surface area contributed by atoms with Crippen LogP contribution in [0.5, 0.6) is 0 Å². The fraction of sp³-hybridized carbons (Fsp3) is 0.300. The van der Waals surface area contributed by atoms with Crippen LogP contribution in [0.4, 0.5) is 4.39 Å². The quantitative estimate of drug-likeness (QED) is 0.779. The summed E-state index contributed by atoms with van der Waals surface area (Å²) in [5, 5.41) is 9.12. The minimum absolute atomic E-state index is 0.271. The Labute approximate surface area is 85.3 Å². The average Bonchev–Trinajstić information content (AvgIpc) is 2.47. The molecular formula is C10H8ClFO2. The molecule has 2 nitrogen and oxygen atoms in total. The maximum Gasteiger partial charge on any atom is 0.307 e. The Bertz CT molecular complexity index is 403. The summed E-state index contributed by atoms with van der Waals surface area (Å²) < 4.78 is 13.3. The molecule has 0 spiro atoms. The highest BCUT2D eigenvalue weighted by molar-refractivity contribution is 6.30. The first-order valence-electron chi connectivity index (χ1n) is 4.27. The normalized spacial score (nSPS) is 19.4. The predicted octanol–water partition coefficient (Wildman–Crippen LogP) is 2.28. The van der Waals surface area contributed by atoms with E-state index in [1.807, 2.05) is 0 Å².